The second-order valence-corrected chi connectivity index (χ2v) is 6.24. The molecule has 1 atom stereocenters. The van der Waals surface area contributed by atoms with Gasteiger partial charge in [-0.25, -0.2) is 0 Å². The maximum Gasteiger partial charge on any atom is 0.240 e. The van der Waals surface area contributed by atoms with Gasteiger partial charge in [0.2, 0.25) is 5.89 Å². The molecule has 1 aromatic carbocycles. The summed E-state index contributed by atoms with van der Waals surface area (Å²) < 4.78 is 11.7. The lowest BCUT2D eigenvalue weighted by atomic mass is 10.0. The molecule has 0 bridgehead atoms. The SMILES string of the molecule is COc1ccc(Br)cc1C1CCCN1Cc1noc(CN)n1.Cl. The lowest BCUT2D eigenvalue weighted by molar-refractivity contribution is 0.233. The van der Waals surface area contributed by atoms with Gasteiger partial charge in [0.05, 0.1) is 20.2 Å². The van der Waals surface area contributed by atoms with Crippen molar-refractivity contribution in [3.8, 4) is 5.75 Å². The Bertz CT molecular complexity index is 652. The van der Waals surface area contributed by atoms with E-state index >= 15 is 0 Å². The predicted molar refractivity (Wildman–Crippen MR) is 92.5 cm³/mol. The number of halogens is 2. The Labute approximate surface area is 149 Å². The molecule has 1 unspecified atom stereocenters. The van der Waals surface area contributed by atoms with Crippen LogP contribution in [0.5, 0.6) is 5.75 Å². The largest absolute Gasteiger partial charge is 0.496 e. The summed E-state index contributed by atoms with van der Waals surface area (Å²) in [5.74, 6) is 2.07. The average Bonchev–Trinajstić information content (AvgIpc) is 3.16. The first kappa shape index (κ1) is 18.2. The molecule has 6 nitrogen and oxygen atoms in total. The molecule has 23 heavy (non-hydrogen) atoms. The number of benzene rings is 1. The van der Waals surface area contributed by atoms with Gasteiger partial charge in [-0.1, -0.05) is 21.1 Å². The van der Waals surface area contributed by atoms with Crippen LogP contribution >= 0.6 is 28.3 Å². The van der Waals surface area contributed by atoms with Gasteiger partial charge in [-0.05, 0) is 37.6 Å². The zero-order valence-corrected chi connectivity index (χ0v) is 15.3. The normalized spacial score (nSPS) is 18.0. The van der Waals surface area contributed by atoms with Crippen LogP contribution in [0.1, 0.15) is 36.2 Å². The fourth-order valence-electron chi connectivity index (χ4n) is 2.95. The van der Waals surface area contributed by atoms with E-state index in [0.29, 0.717) is 24.3 Å². The zero-order valence-electron chi connectivity index (χ0n) is 12.9. The summed E-state index contributed by atoms with van der Waals surface area (Å²) in [5, 5.41) is 3.99. The molecule has 1 aromatic heterocycles. The van der Waals surface area contributed by atoms with Crippen LogP contribution < -0.4 is 10.5 Å². The molecule has 3 rings (SSSR count). The highest BCUT2D eigenvalue weighted by molar-refractivity contribution is 9.10. The van der Waals surface area contributed by atoms with Gasteiger partial charge in [0.1, 0.15) is 5.75 Å². The molecule has 0 radical (unpaired) electrons. The standard InChI is InChI=1S/C15H19BrN4O2.ClH/c1-21-13-5-4-10(16)7-11(13)12-3-2-6-20(12)9-14-18-15(8-17)22-19-14;/h4-5,7,12H,2-3,6,8-9,17H2,1H3;1H. The minimum absolute atomic E-state index is 0. The van der Waals surface area contributed by atoms with Gasteiger partial charge in [-0.3, -0.25) is 4.90 Å². The number of aromatic nitrogens is 2. The van der Waals surface area contributed by atoms with Crippen molar-refractivity contribution in [3.63, 3.8) is 0 Å². The molecule has 8 heteroatoms. The molecule has 126 valence electrons. The van der Waals surface area contributed by atoms with Gasteiger partial charge < -0.3 is 15.0 Å². The summed E-state index contributed by atoms with van der Waals surface area (Å²) in [7, 11) is 1.71. The van der Waals surface area contributed by atoms with E-state index in [4.69, 9.17) is 15.0 Å². The van der Waals surface area contributed by atoms with Crippen LogP contribution in [0.25, 0.3) is 0 Å². The molecule has 1 saturated heterocycles. The zero-order chi connectivity index (χ0) is 15.5. The number of hydrogen-bond donors (Lipinski definition) is 1. The van der Waals surface area contributed by atoms with Gasteiger partial charge in [0, 0.05) is 16.1 Å². The van der Waals surface area contributed by atoms with Crippen molar-refractivity contribution in [2.75, 3.05) is 13.7 Å². The molecule has 0 amide bonds. The average molecular weight is 404 g/mol. The van der Waals surface area contributed by atoms with E-state index in [-0.39, 0.29) is 19.0 Å². The first-order chi connectivity index (χ1) is 10.7. The third-order valence-electron chi connectivity index (χ3n) is 3.94. The number of rotatable bonds is 5. The fraction of sp³-hybridized carbons (Fsp3) is 0.467. The van der Waals surface area contributed by atoms with Crippen LogP contribution in [0.3, 0.4) is 0 Å². The topological polar surface area (TPSA) is 77.4 Å². The van der Waals surface area contributed by atoms with Crippen molar-refractivity contribution in [3.05, 3.63) is 40.0 Å². The van der Waals surface area contributed by atoms with Crippen molar-refractivity contribution in [1.29, 1.82) is 0 Å². The van der Waals surface area contributed by atoms with E-state index in [1.54, 1.807) is 7.11 Å². The van der Waals surface area contributed by atoms with Gasteiger partial charge in [-0.2, -0.15) is 4.98 Å². The summed E-state index contributed by atoms with van der Waals surface area (Å²) >= 11 is 3.54. The van der Waals surface area contributed by atoms with Crippen molar-refractivity contribution in [2.24, 2.45) is 5.73 Å². The number of nitrogens with zero attached hydrogens (tertiary/aromatic N) is 3. The van der Waals surface area contributed by atoms with Gasteiger partial charge in [0.15, 0.2) is 5.82 Å². The summed E-state index contributed by atoms with van der Waals surface area (Å²) in [5.41, 5.74) is 6.70. The molecule has 1 aliphatic rings. The Morgan fingerprint density at radius 2 is 2.30 bits per heavy atom. The predicted octanol–water partition coefficient (Wildman–Crippen LogP) is 3.06. The fourth-order valence-corrected chi connectivity index (χ4v) is 3.33. The van der Waals surface area contributed by atoms with Gasteiger partial charge in [-0.15, -0.1) is 12.4 Å². The van der Waals surface area contributed by atoms with Crippen LogP contribution in [-0.2, 0) is 13.1 Å². The van der Waals surface area contributed by atoms with E-state index in [9.17, 15) is 0 Å². The van der Waals surface area contributed by atoms with E-state index in [1.807, 2.05) is 12.1 Å². The summed E-state index contributed by atoms with van der Waals surface area (Å²) in [6.45, 7) is 1.94. The molecule has 1 fully saturated rings. The van der Waals surface area contributed by atoms with Crippen molar-refractivity contribution in [1.82, 2.24) is 15.0 Å². The minimum atomic E-state index is 0. The molecule has 1 aliphatic heterocycles. The molecule has 0 saturated carbocycles. The highest BCUT2D eigenvalue weighted by Gasteiger charge is 2.29. The van der Waals surface area contributed by atoms with E-state index in [2.05, 4.69) is 37.0 Å². The molecule has 2 heterocycles. The van der Waals surface area contributed by atoms with Gasteiger partial charge >= 0.3 is 0 Å². The van der Waals surface area contributed by atoms with Crippen LogP contribution in [0, 0.1) is 0 Å². The maximum absolute atomic E-state index is 5.52. The van der Waals surface area contributed by atoms with Crippen molar-refractivity contribution >= 4 is 28.3 Å². The van der Waals surface area contributed by atoms with Crippen LogP contribution in [0.4, 0.5) is 0 Å². The summed E-state index contributed by atoms with van der Waals surface area (Å²) in [4.78, 5) is 6.65. The number of hydrogen-bond acceptors (Lipinski definition) is 6. The lowest BCUT2D eigenvalue weighted by Crippen LogP contribution is -2.23. The second-order valence-electron chi connectivity index (χ2n) is 5.32. The maximum atomic E-state index is 5.52. The molecule has 2 aromatic rings. The van der Waals surface area contributed by atoms with Gasteiger partial charge in [0.25, 0.3) is 0 Å². The molecular formula is C15H20BrClN4O2. The Morgan fingerprint density at radius 1 is 1.48 bits per heavy atom. The van der Waals surface area contributed by atoms with Crippen LogP contribution in [-0.4, -0.2) is 28.7 Å². The Balaban J connectivity index is 0.00000192. The number of ether oxygens (including phenoxy) is 1. The third-order valence-corrected chi connectivity index (χ3v) is 4.44. The van der Waals surface area contributed by atoms with E-state index in [1.165, 1.54) is 5.56 Å². The molecule has 2 N–H and O–H groups in total. The number of nitrogens with two attached hydrogens (primary N) is 1. The van der Waals surface area contributed by atoms with Crippen LogP contribution in [0.2, 0.25) is 0 Å². The number of likely N-dealkylation sites (tertiary alicyclic amines) is 1. The van der Waals surface area contributed by atoms with E-state index in [0.717, 1.165) is 29.6 Å². The Morgan fingerprint density at radius 3 is 3.00 bits per heavy atom. The smallest absolute Gasteiger partial charge is 0.240 e. The Hall–Kier alpha value is -1.15. The molecule has 0 spiro atoms. The first-order valence-corrected chi connectivity index (χ1v) is 8.09. The summed E-state index contributed by atoms with van der Waals surface area (Å²) in [6, 6.07) is 6.42. The monoisotopic (exact) mass is 402 g/mol. The highest BCUT2D eigenvalue weighted by atomic mass is 79.9. The first-order valence-electron chi connectivity index (χ1n) is 7.30. The van der Waals surface area contributed by atoms with Crippen molar-refractivity contribution in [2.45, 2.75) is 32.0 Å². The molecular weight excluding hydrogens is 384 g/mol. The quantitative estimate of drug-likeness (QED) is 0.827. The third kappa shape index (κ3) is 4.03. The van der Waals surface area contributed by atoms with E-state index < -0.39 is 0 Å². The Kier molecular flexibility index (Phi) is 6.41. The lowest BCUT2D eigenvalue weighted by Gasteiger charge is -2.25. The number of methoxy groups -OCH3 is 1. The highest BCUT2D eigenvalue weighted by Crippen LogP contribution is 2.38. The molecule has 0 aliphatic carbocycles. The minimum Gasteiger partial charge on any atom is -0.496 e. The second kappa shape index (κ2) is 8.10. The van der Waals surface area contributed by atoms with Crippen LogP contribution in [0.15, 0.2) is 27.2 Å². The summed E-state index contributed by atoms with van der Waals surface area (Å²) in [6.07, 6.45) is 2.23. The van der Waals surface area contributed by atoms with Crippen molar-refractivity contribution < 1.29 is 9.26 Å².